The molecule has 0 saturated carbocycles. The highest BCUT2D eigenvalue weighted by atomic mass is 35.5. The van der Waals surface area contributed by atoms with Crippen LogP contribution in [0.15, 0.2) is 23.1 Å². The number of hydrogen-bond donors (Lipinski definition) is 2. The highest BCUT2D eigenvalue weighted by Gasteiger charge is 2.23. The minimum Gasteiger partial charge on any atom is -0.342 e. The van der Waals surface area contributed by atoms with Gasteiger partial charge in [-0.05, 0) is 55.5 Å². The summed E-state index contributed by atoms with van der Waals surface area (Å²) in [4.78, 5) is 13.7. The molecule has 0 radical (unpaired) electrons. The van der Waals surface area contributed by atoms with Gasteiger partial charge in [-0.15, -0.1) is 12.4 Å². The van der Waals surface area contributed by atoms with Crippen LogP contribution < -0.4 is 10.0 Å². The molecule has 1 amide bonds. The summed E-state index contributed by atoms with van der Waals surface area (Å²) in [6.07, 6.45) is 3.32. The van der Waals surface area contributed by atoms with E-state index >= 15 is 0 Å². The smallest absolute Gasteiger partial charge is 0.240 e. The summed E-state index contributed by atoms with van der Waals surface area (Å²) in [5.41, 5.74) is 2.17. The predicted molar refractivity (Wildman–Crippen MR) is 99.6 cm³/mol. The maximum Gasteiger partial charge on any atom is 0.240 e. The highest BCUT2D eigenvalue weighted by molar-refractivity contribution is 7.89. The molecule has 8 heteroatoms. The second-order valence-electron chi connectivity index (χ2n) is 6.60. The fourth-order valence-electron chi connectivity index (χ4n) is 3.42. The topological polar surface area (TPSA) is 78.5 Å². The van der Waals surface area contributed by atoms with Gasteiger partial charge in [0.2, 0.25) is 15.9 Å². The van der Waals surface area contributed by atoms with E-state index in [0.29, 0.717) is 31.0 Å². The largest absolute Gasteiger partial charge is 0.342 e. The van der Waals surface area contributed by atoms with Gasteiger partial charge in [0.25, 0.3) is 0 Å². The minimum absolute atomic E-state index is 0. The van der Waals surface area contributed by atoms with E-state index in [1.807, 2.05) is 11.0 Å². The van der Waals surface area contributed by atoms with Gasteiger partial charge in [-0.2, -0.15) is 0 Å². The Balaban J connectivity index is 0.00000225. The van der Waals surface area contributed by atoms with Crippen molar-refractivity contribution in [2.75, 3.05) is 26.2 Å². The molecule has 0 unspecified atom stereocenters. The number of amides is 1. The summed E-state index contributed by atoms with van der Waals surface area (Å²) >= 11 is 0. The number of rotatable bonds is 3. The Morgan fingerprint density at radius 3 is 2.60 bits per heavy atom. The number of benzene rings is 1. The molecule has 1 atom stereocenters. The number of nitrogens with zero attached hydrogens (tertiary/aromatic N) is 1. The molecule has 2 N–H and O–H groups in total. The van der Waals surface area contributed by atoms with Gasteiger partial charge in [0, 0.05) is 32.6 Å². The number of halogens is 1. The summed E-state index contributed by atoms with van der Waals surface area (Å²) in [5, 5.41) is 3.22. The van der Waals surface area contributed by atoms with Gasteiger partial charge in [-0.25, -0.2) is 13.1 Å². The van der Waals surface area contributed by atoms with Crippen molar-refractivity contribution in [2.45, 2.75) is 43.5 Å². The van der Waals surface area contributed by atoms with Crippen molar-refractivity contribution in [2.24, 2.45) is 0 Å². The second kappa shape index (κ2) is 8.49. The van der Waals surface area contributed by atoms with Crippen LogP contribution in [-0.4, -0.2) is 51.4 Å². The van der Waals surface area contributed by atoms with E-state index < -0.39 is 10.0 Å². The molecular weight excluding hydrogens is 362 g/mol. The molecule has 1 aromatic carbocycles. The Morgan fingerprint density at radius 2 is 1.96 bits per heavy atom. The van der Waals surface area contributed by atoms with Crippen molar-refractivity contribution in [1.29, 1.82) is 0 Å². The third kappa shape index (κ3) is 4.94. The number of nitrogens with one attached hydrogen (secondary N) is 2. The summed E-state index contributed by atoms with van der Waals surface area (Å²) < 4.78 is 28.1. The fraction of sp³-hybridized carbons (Fsp3) is 0.588. The minimum atomic E-state index is -3.51. The van der Waals surface area contributed by atoms with E-state index in [1.165, 1.54) is 0 Å². The first-order valence-corrected chi connectivity index (χ1v) is 10.0. The van der Waals surface area contributed by atoms with Gasteiger partial charge in [-0.3, -0.25) is 4.79 Å². The van der Waals surface area contributed by atoms with Gasteiger partial charge in [0.05, 0.1) is 4.90 Å². The van der Waals surface area contributed by atoms with Crippen LogP contribution in [0.5, 0.6) is 0 Å². The maximum atomic E-state index is 12.6. The molecule has 0 bridgehead atoms. The van der Waals surface area contributed by atoms with E-state index in [4.69, 9.17) is 0 Å². The Kier molecular flexibility index (Phi) is 6.85. The van der Waals surface area contributed by atoms with Crippen molar-refractivity contribution < 1.29 is 13.2 Å². The molecule has 2 aliphatic rings. The van der Waals surface area contributed by atoms with Crippen LogP contribution in [0.4, 0.5) is 0 Å². The Hall–Kier alpha value is -1.15. The fourth-order valence-corrected chi connectivity index (χ4v) is 4.74. The second-order valence-corrected chi connectivity index (χ2v) is 8.32. The molecular formula is C17H26ClN3O3S. The van der Waals surface area contributed by atoms with Crippen molar-refractivity contribution in [3.8, 4) is 0 Å². The zero-order valence-corrected chi connectivity index (χ0v) is 16.1. The van der Waals surface area contributed by atoms with Crippen LogP contribution in [0.25, 0.3) is 0 Å². The Bertz CT molecular complexity index is 718. The van der Waals surface area contributed by atoms with Gasteiger partial charge < -0.3 is 10.2 Å². The van der Waals surface area contributed by atoms with E-state index in [1.54, 1.807) is 19.1 Å². The summed E-state index contributed by atoms with van der Waals surface area (Å²) in [7, 11) is -3.51. The van der Waals surface area contributed by atoms with Crippen molar-refractivity contribution in [3.63, 3.8) is 0 Å². The molecule has 0 aromatic heterocycles. The quantitative estimate of drug-likeness (QED) is 0.813. The van der Waals surface area contributed by atoms with Crippen LogP contribution in [-0.2, 0) is 27.7 Å². The maximum absolute atomic E-state index is 12.6. The van der Waals surface area contributed by atoms with E-state index in [2.05, 4.69) is 10.0 Å². The lowest BCUT2D eigenvalue weighted by molar-refractivity contribution is -0.128. The van der Waals surface area contributed by atoms with Gasteiger partial charge in [0.15, 0.2) is 0 Å². The zero-order chi connectivity index (χ0) is 17.2. The number of carbonyl (C=O) groups is 1. The van der Waals surface area contributed by atoms with Crippen LogP contribution in [0.3, 0.4) is 0 Å². The normalized spacial score (nSPS) is 21.0. The van der Waals surface area contributed by atoms with Crippen molar-refractivity contribution >= 4 is 28.3 Å². The van der Waals surface area contributed by atoms with Crippen molar-refractivity contribution in [1.82, 2.24) is 14.9 Å². The number of piperidine rings is 1. The highest BCUT2D eigenvalue weighted by Crippen LogP contribution is 2.21. The predicted octanol–water partition coefficient (Wildman–Crippen LogP) is 1.09. The third-order valence-electron chi connectivity index (χ3n) is 4.85. The third-order valence-corrected chi connectivity index (χ3v) is 6.37. The van der Waals surface area contributed by atoms with E-state index in [9.17, 15) is 13.2 Å². The molecule has 1 aromatic rings. The monoisotopic (exact) mass is 387 g/mol. The average Bonchev–Trinajstić information content (AvgIpc) is 2.77. The summed E-state index contributed by atoms with van der Waals surface area (Å²) in [6.45, 7) is 4.54. The van der Waals surface area contributed by atoms with Gasteiger partial charge >= 0.3 is 0 Å². The average molecular weight is 388 g/mol. The molecule has 3 rings (SSSR count). The molecule has 1 fully saturated rings. The standard InChI is InChI=1S/C17H25N3O3S.ClH/c1-13(21)20-9-6-14-4-5-17(11-15(14)7-10-20)24(22,23)19-16-3-2-8-18-12-16;/h4-5,11,16,18-19H,2-3,6-10,12H2,1H3;1H/t16-;/m0./s1. The zero-order valence-electron chi connectivity index (χ0n) is 14.5. The lowest BCUT2D eigenvalue weighted by Crippen LogP contribution is -2.45. The first-order chi connectivity index (χ1) is 11.5. The van der Waals surface area contributed by atoms with Crippen LogP contribution in [0, 0.1) is 0 Å². The summed E-state index contributed by atoms with van der Waals surface area (Å²) in [5.74, 6) is 0.0714. The first-order valence-electron chi connectivity index (χ1n) is 8.56. The SMILES string of the molecule is CC(=O)N1CCc2ccc(S(=O)(=O)N[C@H]3CCCNC3)cc2CC1.Cl. The van der Waals surface area contributed by atoms with Crippen LogP contribution >= 0.6 is 12.4 Å². The summed E-state index contributed by atoms with van der Waals surface area (Å²) in [6, 6.07) is 5.31. The molecule has 25 heavy (non-hydrogen) atoms. The molecule has 0 aliphatic carbocycles. The molecule has 6 nitrogen and oxygen atoms in total. The molecule has 2 aliphatic heterocycles. The van der Waals surface area contributed by atoms with Crippen molar-refractivity contribution in [3.05, 3.63) is 29.3 Å². The number of hydrogen-bond acceptors (Lipinski definition) is 4. The molecule has 0 spiro atoms. The first kappa shape index (κ1) is 20.2. The molecule has 2 heterocycles. The number of sulfonamides is 1. The van der Waals surface area contributed by atoms with E-state index in [0.717, 1.165) is 36.9 Å². The van der Waals surface area contributed by atoms with Gasteiger partial charge in [0.1, 0.15) is 0 Å². The lowest BCUT2D eigenvalue weighted by atomic mass is 10.0. The van der Waals surface area contributed by atoms with Crippen LogP contribution in [0.1, 0.15) is 30.9 Å². The van der Waals surface area contributed by atoms with E-state index in [-0.39, 0.29) is 24.4 Å². The lowest BCUT2D eigenvalue weighted by Gasteiger charge is -2.23. The Labute approximate surface area is 155 Å². The number of fused-ring (bicyclic) bond motifs is 1. The molecule has 140 valence electrons. The Morgan fingerprint density at radius 1 is 1.24 bits per heavy atom. The van der Waals surface area contributed by atoms with Crippen LogP contribution in [0.2, 0.25) is 0 Å². The van der Waals surface area contributed by atoms with Gasteiger partial charge in [-0.1, -0.05) is 6.07 Å². The molecule has 1 saturated heterocycles. The number of carbonyl (C=O) groups excluding carboxylic acids is 1.